The van der Waals surface area contributed by atoms with Crippen LogP contribution in [0.15, 0.2) is 0 Å². The van der Waals surface area contributed by atoms with E-state index in [-0.39, 0.29) is 12.0 Å². The smallest absolute Gasteiger partial charge is 0.309 e. The van der Waals surface area contributed by atoms with Crippen molar-refractivity contribution >= 4 is 5.97 Å². The van der Waals surface area contributed by atoms with E-state index < -0.39 is 5.97 Å². The molecule has 0 amide bonds. The van der Waals surface area contributed by atoms with Gasteiger partial charge in [-0.05, 0) is 32.1 Å². The Hall–Kier alpha value is -0.570. The van der Waals surface area contributed by atoms with Crippen molar-refractivity contribution in [1.82, 2.24) is 0 Å². The standard InChI is InChI=1S/C11H18O3/c12-11(13)9-6-1-2-7-10(9)14-8-4-3-5-8/h8-10H,1-7H2,(H,12,13). The van der Waals surface area contributed by atoms with Crippen molar-refractivity contribution in [2.45, 2.75) is 57.2 Å². The molecule has 80 valence electrons. The van der Waals surface area contributed by atoms with Gasteiger partial charge in [0.2, 0.25) is 0 Å². The number of hydrogen-bond donors (Lipinski definition) is 1. The van der Waals surface area contributed by atoms with Crippen molar-refractivity contribution in [3.05, 3.63) is 0 Å². The highest BCUT2D eigenvalue weighted by atomic mass is 16.5. The molecular formula is C11H18O3. The van der Waals surface area contributed by atoms with Gasteiger partial charge >= 0.3 is 5.97 Å². The van der Waals surface area contributed by atoms with Crippen LogP contribution in [0.4, 0.5) is 0 Å². The van der Waals surface area contributed by atoms with Crippen molar-refractivity contribution in [2.24, 2.45) is 5.92 Å². The lowest BCUT2D eigenvalue weighted by Gasteiger charge is -2.35. The summed E-state index contributed by atoms with van der Waals surface area (Å²) in [5.74, 6) is -0.918. The minimum Gasteiger partial charge on any atom is -0.481 e. The van der Waals surface area contributed by atoms with Crippen molar-refractivity contribution in [3.8, 4) is 0 Å². The van der Waals surface area contributed by atoms with Gasteiger partial charge in [-0.3, -0.25) is 4.79 Å². The molecule has 0 aromatic heterocycles. The second-order valence-corrected chi connectivity index (χ2v) is 4.46. The first-order valence-electron chi connectivity index (χ1n) is 5.65. The number of aliphatic carboxylic acids is 1. The van der Waals surface area contributed by atoms with Crippen LogP contribution in [0.5, 0.6) is 0 Å². The normalized spacial score (nSPS) is 33.7. The van der Waals surface area contributed by atoms with Crippen LogP contribution in [0.1, 0.15) is 44.9 Å². The maximum Gasteiger partial charge on any atom is 0.309 e. The Morgan fingerprint density at radius 3 is 2.36 bits per heavy atom. The molecule has 2 rings (SSSR count). The van der Waals surface area contributed by atoms with E-state index in [9.17, 15) is 4.79 Å². The van der Waals surface area contributed by atoms with E-state index in [1.54, 1.807) is 0 Å². The number of carboxylic acids is 1. The van der Waals surface area contributed by atoms with Crippen molar-refractivity contribution in [3.63, 3.8) is 0 Å². The number of rotatable bonds is 3. The van der Waals surface area contributed by atoms with E-state index in [0.717, 1.165) is 38.5 Å². The lowest BCUT2D eigenvalue weighted by Crippen LogP contribution is -2.38. The Kier molecular flexibility index (Phi) is 3.06. The lowest BCUT2D eigenvalue weighted by molar-refractivity contribution is -0.155. The lowest BCUT2D eigenvalue weighted by atomic mass is 9.85. The molecule has 0 saturated heterocycles. The molecule has 0 spiro atoms. The maximum atomic E-state index is 11.0. The molecule has 2 saturated carbocycles. The van der Waals surface area contributed by atoms with Crippen LogP contribution in [0.25, 0.3) is 0 Å². The van der Waals surface area contributed by atoms with Crippen molar-refractivity contribution in [2.75, 3.05) is 0 Å². The van der Waals surface area contributed by atoms with Gasteiger partial charge in [-0.15, -0.1) is 0 Å². The van der Waals surface area contributed by atoms with Crippen LogP contribution >= 0.6 is 0 Å². The minimum absolute atomic E-state index is 0.00782. The highest BCUT2D eigenvalue weighted by molar-refractivity contribution is 5.70. The maximum absolute atomic E-state index is 11.0. The molecule has 2 fully saturated rings. The molecule has 3 heteroatoms. The SMILES string of the molecule is O=C(O)C1CCCCC1OC1CCC1. The topological polar surface area (TPSA) is 46.5 Å². The van der Waals surface area contributed by atoms with Gasteiger partial charge in [-0.1, -0.05) is 12.8 Å². The molecule has 0 heterocycles. The van der Waals surface area contributed by atoms with Crippen LogP contribution in [-0.2, 0) is 9.53 Å². The van der Waals surface area contributed by atoms with Gasteiger partial charge in [-0.25, -0.2) is 0 Å². The van der Waals surface area contributed by atoms with E-state index >= 15 is 0 Å². The second-order valence-electron chi connectivity index (χ2n) is 4.46. The van der Waals surface area contributed by atoms with Gasteiger partial charge in [0.1, 0.15) is 0 Å². The fourth-order valence-electron chi connectivity index (χ4n) is 2.30. The first-order valence-corrected chi connectivity index (χ1v) is 5.65. The average Bonchev–Trinajstić information content (AvgIpc) is 2.12. The fraction of sp³-hybridized carbons (Fsp3) is 0.909. The Bertz CT molecular complexity index is 211. The third-order valence-electron chi connectivity index (χ3n) is 3.44. The molecule has 0 aromatic carbocycles. The Balaban J connectivity index is 1.88. The molecule has 2 aliphatic carbocycles. The zero-order chi connectivity index (χ0) is 9.97. The van der Waals surface area contributed by atoms with Gasteiger partial charge < -0.3 is 9.84 Å². The largest absolute Gasteiger partial charge is 0.481 e. The Morgan fingerprint density at radius 1 is 1.07 bits per heavy atom. The van der Waals surface area contributed by atoms with Crippen LogP contribution in [0.3, 0.4) is 0 Å². The second kappa shape index (κ2) is 4.30. The molecule has 1 N–H and O–H groups in total. The van der Waals surface area contributed by atoms with E-state index in [4.69, 9.17) is 9.84 Å². The first kappa shape index (κ1) is 9.97. The summed E-state index contributed by atoms with van der Waals surface area (Å²) >= 11 is 0. The number of carboxylic acid groups (broad SMARTS) is 1. The van der Waals surface area contributed by atoms with E-state index in [1.807, 2.05) is 0 Å². The summed E-state index contributed by atoms with van der Waals surface area (Å²) in [5.41, 5.74) is 0. The van der Waals surface area contributed by atoms with Crippen molar-refractivity contribution in [1.29, 1.82) is 0 Å². The monoisotopic (exact) mass is 198 g/mol. The van der Waals surface area contributed by atoms with Gasteiger partial charge in [0.05, 0.1) is 18.1 Å². The molecule has 3 nitrogen and oxygen atoms in total. The molecule has 14 heavy (non-hydrogen) atoms. The zero-order valence-electron chi connectivity index (χ0n) is 8.45. The van der Waals surface area contributed by atoms with Crippen LogP contribution in [0.2, 0.25) is 0 Å². The van der Waals surface area contributed by atoms with E-state index in [1.165, 1.54) is 6.42 Å². The first-order chi connectivity index (χ1) is 6.77. The highest BCUT2D eigenvalue weighted by Crippen LogP contribution is 2.32. The molecule has 2 atom stereocenters. The third-order valence-corrected chi connectivity index (χ3v) is 3.44. The van der Waals surface area contributed by atoms with Crippen LogP contribution in [0, 0.1) is 5.92 Å². The fourth-order valence-corrected chi connectivity index (χ4v) is 2.30. The highest BCUT2D eigenvalue weighted by Gasteiger charge is 2.34. The molecule has 0 radical (unpaired) electrons. The van der Waals surface area contributed by atoms with Crippen LogP contribution < -0.4 is 0 Å². The molecule has 0 bridgehead atoms. The predicted molar refractivity (Wildman–Crippen MR) is 52.1 cm³/mol. The molecule has 0 aliphatic heterocycles. The third kappa shape index (κ3) is 2.08. The molecule has 0 aromatic rings. The summed E-state index contributed by atoms with van der Waals surface area (Å²) < 4.78 is 5.82. The van der Waals surface area contributed by atoms with Gasteiger partial charge in [-0.2, -0.15) is 0 Å². The van der Waals surface area contributed by atoms with Crippen molar-refractivity contribution < 1.29 is 14.6 Å². The Labute approximate surface area is 84.4 Å². The van der Waals surface area contributed by atoms with Crippen LogP contribution in [-0.4, -0.2) is 23.3 Å². The molecule has 2 unspecified atom stereocenters. The Morgan fingerprint density at radius 2 is 1.79 bits per heavy atom. The summed E-state index contributed by atoms with van der Waals surface area (Å²) in [6.45, 7) is 0. The summed E-state index contributed by atoms with van der Waals surface area (Å²) in [4.78, 5) is 11.0. The minimum atomic E-state index is -0.672. The summed E-state index contributed by atoms with van der Waals surface area (Å²) in [5, 5.41) is 9.03. The van der Waals surface area contributed by atoms with E-state index in [2.05, 4.69) is 0 Å². The quantitative estimate of drug-likeness (QED) is 0.756. The predicted octanol–water partition coefficient (Wildman–Crippen LogP) is 2.20. The number of hydrogen-bond acceptors (Lipinski definition) is 2. The van der Waals surface area contributed by atoms with Gasteiger partial charge in [0, 0.05) is 0 Å². The number of carbonyl (C=O) groups is 1. The summed E-state index contributed by atoms with van der Waals surface area (Å²) in [6, 6.07) is 0. The average molecular weight is 198 g/mol. The zero-order valence-corrected chi connectivity index (χ0v) is 8.45. The number of ether oxygens (including phenoxy) is 1. The summed E-state index contributed by atoms with van der Waals surface area (Å²) in [7, 11) is 0. The van der Waals surface area contributed by atoms with Gasteiger partial charge in [0.25, 0.3) is 0 Å². The molecule has 2 aliphatic rings. The summed E-state index contributed by atoms with van der Waals surface area (Å²) in [6.07, 6.45) is 7.76. The van der Waals surface area contributed by atoms with Gasteiger partial charge in [0.15, 0.2) is 0 Å². The van der Waals surface area contributed by atoms with E-state index in [0.29, 0.717) is 6.10 Å². The molecular weight excluding hydrogens is 180 g/mol.